The van der Waals surface area contributed by atoms with Gasteiger partial charge in [0.1, 0.15) is 11.7 Å². The maximum Gasteiger partial charge on any atom is 0.173 e. The Kier molecular flexibility index (Phi) is 9.33. The highest BCUT2D eigenvalue weighted by atomic mass is 19.1. The molecule has 0 aliphatic carbocycles. The summed E-state index contributed by atoms with van der Waals surface area (Å²) in [6.07, 6.45) is 6.05. The van der Waals surface area contributed by atoms with Crippen LogP contribution < -0.4 is 10.5 Å². The molecule has 3 unspecified atom stereocenters. The number of ether oxygens (including phenoxy) is 1. The van der Waals surface area contributed by atoms with Crippen LogP contribution in [0.25, 0.3) is 5.57 Å². The number of nitrogens with two attached hydrogens (primary N) is 1. The van der Waals surface area contributed by atoms with Crippen LogP contribution in [0.5, 0.6) is 5.75 Å². The number of hydrogen-bond acceptors (Lipinski definition) is 4. The number of hydrogen-bond donors (Lipinski definition) is 2. The summed E-state index contributed by atoms with van der Waals surface area (Å²) >= 11 is 0. The molecule has 210 valence electrons. The van der Waals surface area contributed by atoms with E-state index in [9.17, 15) is 13.9 Å². The largest absolute Gasteiger partial charge is 0.490 e. The summed E-state index contributed by atoms with van der Waals surface area (Å²) in [6.45, 7) is 11.9. The van der Waals surface area contributed by atoms with Gasteiger partial charge in [0, 0.05) is 23.1 Å². The van der Waals surface area contributed by atoms with Crippen molar-refractivity contribution < 1.29 is 23.0 Å². The van der Waals surface area contributed by atoms with E-state index < -0.39 is 29.3 Å². The summed E-state index contributed by atoms with van der Waals surface area (Å²) in [5, 5.41) is 17.2. The van der Waals surface area contributed by atoms with Crippen LogP contribution in [-0.2, 0) is 5.60 Å². The Morgan fingerprint density at radius 1 is 1.18 bits per heavy atom. The zero-order valence-electron chi connectivity index (χ0n) is 23.3. The summed E-state index contributed by atoms with van der Waals surface area (Å²) in [6, 6.07) is 8.72. The van der Waals surface area contributed by atoms with Crippen molar-refractivity contribution in [2.45, 2.75) is 53.1 Å². The van der Waals surface area contributed by atoms with Gasteiger partial charge >= 0.3 is 0 Å². The Morgan fingerprint density at radius 2 is 1.85 bits per heavy atom. The minimum absolute atomic E-state index is 0.0437. The van der Waals surface area contributed by atoms with Crippen LogP contribution in [0.3, 0.4) is 0 Å². The Morgan fingerprint density at radius 3 is 2.44 bits per heavy atom. The summed E-state index contributed by atoms with van der Waals surface area (Å²) in [5.41, 5.74) is 5.58. The summed E-state index contributed by atoms with van der Waals surface area (Å²) < 4.78 is 49.2. The van der Waals surface area contributed by atoms with Crippen molar-refractivity contribution in [2.24, 2.45) is 22.2 Å². The normalized spacial score (nSPS) is 17.9. The maximum atomic E-state index is 15.7. The lowest BCUT2D eigenvalue weighted by Gasteiger charge is -2.41. The minimum Gasteiger partial charge on any atom is -0.490 e. The van der Waals surface area contributed by atoms with E-state index in [1.54, 1.807) is 49.3 Å². The Hall–Kier alpha value is -3.52. The summed E-state index contributed by atoms with van der Waals surface area (Å²) in [5.74, 6) is -0.355. The van der Waals surface area contributed by atoms with Crippen LogP contribution >= 0.6 is 0 Å². The minimum atomic E-state index is -1.61. The van der Waals surface area contributed by atoms with Gasteiger partial charge in [-0.05, 0) is 67.7 Å². The molecule has 0 saturated heterocycles. The molecule has 3 N–H and O–H groups in total. The molecular formula is C31H38F3N3O2. The van der Waals surface area contributed by atoms with Crippen LogP contribution in [-0.4, -0.2) is 29.2 Å². The molecular weight excluding hydrogens is 503 g/mol. The lowest BCUT2D eigenvalue weighted by Crippen LogP contribution is -2.44. The highest BCUT2D eigenvalue weighted by molar-refractivity contribution is 5.83. The number of benzene rings is 2. The van der Waals surface area contributed by atoms with Crippen LogP contribution in [0.4, 0.5) is 13.2 Å². The number of amidine groups is 1. The van der Waals surface area contributed by atoms with Crippen LogP contribution in [0.1, 0.15) is 57.2 Å². The molecule has 3 atom stereocenters. The molecule has 3 rings (SSSR count). The number of rotatable bonds is 11. The third kappa shape index (κ3) is 6.38. The molecule has 2 aromatic rings. The molecule has 0 spiro atoms. The number of aryl methyl sites for hydroxylation is 1. The fourth-order valence-electron chi connectivity index (χ4n) is 4.23. The molecule has 1 aliphatic heterocycles. The van der Waals surface area contributed by atoms with Crippen LogP contribution in [0, 0.1) is 29.9 Å². The molecule has 5 nitrogen and oxygen atoms in total. The Balaban J connectivity index is 1.78. The summed E-state index contributed by atoms with van der Waals surface area (Å²) in [4.78, 5) is 0. The molecule has 8 heteroatoms. The average Bonchev–Trinajstić information content (AvgIpc) is 2.91. The molecule has 2 aromatic carbocycles. The third-order valence-corrected chi connectivity index (χ3v) is 7.73. The molecule has 39 heavy (non-hydrogen) atoms. The molecule has 0 radical (unpaired) electrons. The zero-order chi connectivity index (χ0) is 29.0. The molecule has 1 heterocycles. The third-order valence-electron chi connectivity index (χ3n) is 7.73. The van der Waals surface area contributed by atoms with Gasteiger partial charge < -0.3 is 15.6 Å². The van der Waals surface area contributed by atoms with Gasteiger partial charge in [-0.25, -0.2) is 13.8 Å². The molecule has 0 bridgehead atoms. The van der Waals surface area contributed by atoms with Crippen molar-refractivity contribution in [2.75, 3.05) is 13.3 Å². The van der Waals surface area contributed by atoms with Crippen LogP contribution in [0.2, 0.25) is 0 Å². The first-order valence-corrected chi connectivity index (χ1v) is 13.0. The van der Waals surface area contributed by atoms with E-state index in [1.165, 1.54) is 31.2 Å². The lowest BCUT2D eigenvalue weighted by atomic mass is 9.69. The van der Waals surface area contributed by atoms with Crippen molar-refractivity contribution in [3.05, 3.63) is 95.4 Å². The van der Waals surface area contributed by atoms with Crippen molar-refractivity contribution in [1.29, 1.82) is 0 Å². The fourth-order valence-corrected chi connectivity index (χ4v) is 4.23. The second-order valence-corrected chi connectivity index (χ2v) is 10.5. The van der Waals surface area contributed by atoms with Gasteiger partial charge in [-0.1, -0.05) is 51.6 Å². The highest BCUT2D eigenvalue weighted by Gasteiger charge is 2.44. The number of halogens is 3. The Labute approximate surface area is 229 Å². The fraction of sp³-hybridized carbons (Fsp3) is 0.387. The van der Waals surface area contributed by atoms with Gasteiger partial charge in [0.15, 0.2) is 11.6 Å². The van der Waals surface area contributed by atoms with E-state index in [0.29, 0.717) is 33.8 Å². The first kappa shape index (κ1) is 30.0. The molecule has 0 aromatic heterocycles. The standard InChI is InChI=1S/C31H38F3N3O2/c1-7-20(2)29(35)36-37-16-14-23(18-22(37)4)26-13-8-21(3)28(27(26)34)39-17-15-30(5,19-32)31(6,38)24-9-11-25(33)12-10-24/h8-14,16,18,20,38H,4,7,15,17,19H2,1-3,5-6H3,(H2,35,36). The highest BCUT2D eigenvalue weighted by Crippen LogP contribution is 2.43. The number of aliphatic hydroxyl groups is 1. The molecule has 1 aliphatic rings. The topological polar surface area (TPSA) is 71.1 Å². The maximum absolute atomic E-state index is 15.7. The molecule has 0 fully saturated rings. The van der Waals surface area contributed by atoms with Crippen LogP contribution in [0.15, 0.2) is 72.1 Å². The second-order valence-electron chi connectivity index (χ2n) is 10.5. The van der Waals surface area contributed by atoms with E-state index in [2.05, 4.69) is 11.7 Å². The van der Waals surface area contributed by atoms with Crippen molar-refractivity contribution in [3.8, 4) is 5.75 Å². The van der Waals surface area contributed by atoms with Gasteiger partial charge in [-0.3, -0.25) is 4.39 Å². The van der Waals surface area contributed by atoms with Gasteiger partial charge in [-0.15, -0.1) is 0 Å². The van der Waals surface area contributed by atoms with Gasteiger partial charge in [0.25, 0.3) is 0 Å². The first-order valence-electron chi connectivity index (χ1n) is 13.0. The van der Waals surface area contributed by atoms with E-state index in [0.717, 1.165) is 6.42 Å². The average molecular weight is 542 g/mol. The monoisotopic (exact) mass is 541 g/mol. The van der Waals surface area contributed by atoms with E-state index >= 15 is 4.39 Å². The zero-order valence-corrected chi connectivity index (χ0v) is 23.3. The van der Waals surface area contributed by atoms with E-state index in [-0.39, 0.29) is 24.7 Å². The van der Waals surface area contributed by atoms with Crippen molar-refractivity contribution in [3.63, 3.8) is 0 Å². The lowest BCUT2D eigenvalue weighted by molar-refractivity contribution is -0.0881. The number of hydrazone groups is 1. The van der Waals surface area contributed by atoms with Gasteiger partial charge in [-0.2, -0.15) is 5.10 Å². The van der Waals surface area contributed by atoms with Gasteiger partial charge in [0.2, 0.25) is 0 Å². The number of alkyl halides is 1. The molecule has 0 amide bonds. The Bertz CT molecular complexity index is 1280. The van der Waals surface area contributed by atoms with Crippen molar-refractivity contribution >= 4 is 11.4 Å². The quantitative estimate of drug-likeness (QED) is 0.238. The van der Waals surface area contributed by atoms with E-state index in [4.69, 9.17) is 10.5 Å². The van der Waals surface area contributed by atoms with Crippen molar-refractivity contribution in [1.82, 2.24) is 5.01 Å². The number of nitrogens with zero attached hydrogens (tertiary/aromatic N) is 2. The second kappa shape index (κ2) is 12.1. The predicted molar refractivity (Wildman–Crippen MR) is 150 cm³/mol. The summed E-state index contributed by atoms with van der Waals surface area (Å²) in [7, 11) is 0. The van der Waals surface area contributed by atoms with E-state index in [1.807, 2.05) is 13.8 Å². The van der Waals surface area contributed by atoms with Gasteiger partial charge in [0.05, 0.1) is 24.6 Å². The first-order chi connectivity index (χ1) is 18.3. The molecule has 0 saturated carbocycles. The predicted octanol–water partition coefficient (Wildman–Crippen LogP) is 6.97. The number of allylic oxidation sites excluding steroid dienone is 3. The smallest absolute Gasteiger partial charge is 0.173 e. The SMILES string of the molecule is C=C1C=C(c2ccc(C)c(OCCC(C)(CF)C(C)(O)c3ccc(F)cc3)c2F)C=CN1/N=C(/N)C(C)CC.